The van der Waals surface area contributed by atoms with E-state index in [-0.39, 0.29) is 17.3 Å². The minimum Gasteiger partial charge on any atom is -0.481 e. The predicted molar refractivity (Wildman–Crippen MR) is 53.7 cm³/mol. The van der Waals surface area contributed by atoms with Crippen molar-refractivity contribution in [3.63, 3.8) is 0 Å². The first-order chi connectivity index (χ1) is 7.77. The molecule has 1 unspecified atom stereocenters. The quantitative estimate of drug-likeness (QED) is 0.877. The molecule has 1 aromatic heterocycles. The van der Waals surface area contributed by atoms with Crippen molar-refractivity contribution in [2.45, 2.75) is 12.1 Å². The van der Waals surface area contributed by atoms with Crippen molar-refractivity contribution >= 4 is 17.6 Å². The van der Waals surface area contributed by atoms with Gasteiger partial charge in [-0.05, 0) is 6.07 Å². The summed E-state index contributed by atoms with van der Waals surface area (Å²) in [6.45, 7) is -0.298. The number of hydrogen-bond acceptors (Lipinski definition) is 3. The Balaban J connectivity index is 3.18. The number of halogens is 4. The largest absolute Gasteiger partial charge is 0.481 e. The van der Waals surface area contributed by atoms with E-state index in [9.17, 15) is 18.0 Å². The zero-order chi connectivity index (χ0) is 13.2. The van der Waals surface area contributed by atoms with Crippen LogP contribution in [0.5, 0.6) is 0 Å². The van der Waals surface area contributed by atoms with Crippen LogP contribution >= 0.6 is 11.6 Å². The van der Waals surface area contributed by atoms with Crippen LogP contribution in [0.1, 0.15) is 17.2 Å². The van der Waals surface area contributed by atoms with E-state index in [1.807, 2.05) is 0 Å². The summed E-state index contributed by atoms with van der Waals surface area (Å²) in [4.78, 5) is 14.2. The Labute approximate surface area is 99.2 Å². The summed E-state index contributed by atoms with van der Waals surface area (Å²) >= 11 is 5.57. The van der Waals surface area contributed by atoms with Crippen molar-refractivity contribution < 1.29 is 23.1 Å². The lowest BCUT2D eigenvalue weighted by atomic mass is 10.0. The van der Waals surface area contributed by atoms with Crippen LogP contribution in [0, 0.1) is 0 Å². The Bertz CT molecular complexity index is 437. The second kappa shape index (κ2) is 4.89. The number of alkyl halides is 3. The molecule has 0 fully saturated rings. The molecule has 0 saturated carbocycles. The fourth-order valence-electron chi connectivity index (χ4n) is 1.19. The normalized spacial score (nSPS) is 13.5. The van der Waals surface area contributed by atoms with Gasteiger partial charge >= 0.3 is 12.1 Å². The van der Waals surface area contributed by atoms with Gasteiger partial charge in [-0.25, -0.2) is 0 Å². The Morgan fingerprint density at radius 1 is 1.59 bits per heavy atom. The Morgan fingerprint density at radius 2 is 2.18 bits per heavy atom. The maximum absolute atomic E-state index is 12.3. The third kappa shape index (κ3) is 3.07. The molecule has 0 amide bonds. The van der Waals surface area contributed by atoms with Crippen molar-refractivity contribution in [3.05, 3.63) is 28.5 Å². The molecule has 3 N–H and O–H groups in total. The highest BCUT2D eigenvalue weighted by Crippen LogP contribution is 2.32. The summed E-state index contributed by atoms with van der Waals surface area (Å²) < 4.78 is 36.9. The number of rotatable bonds is 3. The highest BCUT2D eigenvalue weighted by atomic mass is 35.5. The summed E-state index contributed by atoms with van der Waals surface area (Å²) in [6.07, 6.45) is -4.04. The lowest BCUT2D eigenvalue weighted by Crippen LogP contribution is -2.23. The van der Waals surface area contributed by atoms with Crippen LogP contribution in [0.3, 0.4) is 0 Å². The Hall–Kier alpha value is -1.34. The minimum absolute atomic E-state index is 0.172. The fraction of sp³-hybridized carbons (Fsp3) is 0.333. The van der Waals surface area contributed by atoms with Crippen molar-refractivity contribution in [1.29, 1.82) is 0 Å². The number of carboxylic acid groups (broad SMARTS) is 1. The van der Waals surface area contributed by atoms with Gasteiger partial charge in [-0.15, -0.1) is 0 Å². The lowest BCUT2D eigenvalue weighted by molar-refractivity contribution is -0.138. The number of aromatic nitrogens is 1. The van der Waals surface area contributed by atoms with Crippen molar-refractivity contribution in [3.8, 4) is 0 Å². The van der Waals surface area contributed by atoms with E-state index >= 15 is 0 Å². The molecule has 8 heteroatoms. The van der Waals surface area contributed by atoms with E-state index in [4.69, 9.17) is 22.4 Å². The van der Waals surface area contributed by atoms with Crippen LogP contribution in [-0.2, 0) is 11.0 Å². The average molecular weight is 269 g/mol. The Kier molecular flexibility index (Phi) is 3.94. The molecular weight excluding hydrogens is 261 g/mol. The van der Waals surface area contributed by atoms with Crippen LogP contribution in [0.4, 0.5) is 13.2 Å². The molecule has 17 heavy (non-hydrogen) atoms. The van der Waals surface area contributed by atoms with Crippen LogP contribution in [0.15, 0.2) is 12.3 Å². The van der Waals surface area contributed by atoms with Gasteiger partial charge in [0.2, 0.25) is 0 Å². The Morgan fingerprint density at radius 3 is 2.53 bits per heavy atom. The molecule has 0 spiro atoms. The second-order valence-electron chi connectivity index (χ2n) is 3.22. The van der Waals surface area contributed by atoms with Gasteiger partial charge in [0.1, 0.15) is 5.92 Å². The number of carboxylic acids is 1. The summed E-state index contributed by atoms with van der Waals surface area (Å²) in [6, 6.07) is 0.634. The van der Waals surface area contributed by atoms with Gasteiger partial charge in [-0.1, -0.05) is 11.6 Å². The summed E-state index contributed by atoms with van der Waals surface area (Å²) in [5, 5.41) is 8.42. The molecule has 0 aliphatic heterocycles. The molecule has 0 aliphatic carbocycles. The number of nitrogens with zero attached hydrogens (tertiary/aromatic N) is 1. The number of pyridine rings is 1. The zero-order valence-corrected chi connectivity index (χ0v) is 9.09. The summed E-state index contributed by atoms with van der Waals surface area (Å²) in [5.41, 5.74) is 3.99. The van der Waals surface area contributed by atoms with E-state index in [2.05, 4.69) is 4.98 Å². The predicted octanol–water partition coefficient (Wildman–Crippen LogP) is 1.88. The van der Waals surface area contributed by atoms with Crippen molar-refractivity contribution in [1.82, 2.24) is 4.98 Å². The number of nitrogens with two attached hydrogens (primary N) is 1. The monoisotopic (exact) mass is 268 g/mol. The van der Waals surface area contributed by atoms with Gasteiger partial charge in [0, 0.05) is 12.7 Å². The molecule has 1 heterocycles. The van der Waals surface area contributed by atoms with E-state index in [0.717, 1.165) is 0 Å². The SMILES string of the molecule is NCC(C(=O)O)c1ncc(C(F)(F)F)cc1Cl. The first-order valence-corrected chi connectivity index (χ1v) is 4.80. The van der Waals surface area contributed by atoms with Crippen molar-refractivity contribution in [2.24, 2.45) is 5.73 Å². The van der Waals surface area contributed by atoms with Crippen LogP contribution < -0.4 is 5.73 Å². The summed E-state index contributed by atoms with van der Waals surface area (Å²) in [7, 11) is 0. The molecule has 1 atom stereocenters. The molecule has 0 saturated heterocycles. The van der Waals surface area contributed by atoms with Gasteiger partial charge in [0.15, 0.2) is 0 Å². The van der Waals surface area contributed by atoms with Gasteiger partial charge < -0.3 is 10.8 Å². The standard InChI is InChI=1S/C9H8ClF3N2O2/c10-6-1-4(9(11,12)13)3-15-7(6)5(2-14)8(16)17/h1,3,5H,2,14H2,(H,16,17). The third-order valence-electron chi connectivity index (χ3n) is 2.06. The van der Waals surface area contributed by atoms with E-state index in [1.54, 1.807) is 0 Å². The highest BCUT2D eigenvalue weighted by molar-refractivity contribution is 6.31. The zero-order valence-electron chi connectivity index (χ0n) is 8.33. The number of hydrogen-bond donors (Lipinski definition) is 2. The fourth-order valence-corrected chi connectivity index (χ4v) is 1.49. The molecular formula is C9H8ClF3N2O2. The van der Waals surface area contributed by atoms with E-state index in [1.165, 1.54) is 0 Å². The minimum atomic E-state index is -4.57. The van der Waals surface area contributed by atoms with Crippen molar-refractivity contribution in [2.75, 3.05) is 6.54 Å². The molecule has 1 aromatic rings. The van der Waals surface area contributed by atoms with Gasteiger partial charge in [-0.3, -0.25) is 9.78 Å². The van der Waals surface area contributed by atoms with Gasteiger partial charge in [0.05, 0.1) is 16.3 Å². The van der Waals surface area contributed by atoms with Gasteiger partial charge in [0.25, 0.3) is 0 Å². The molecule has 0 aromatic carbocycles. The number of carbonyl (C=O) groups is 1. The first-order valence-electron chi connectivity index (χ1n) is 4.43. The second-order valence-corrected chi connectivity index (χ2v) is 3.62. The van der Waals surface area contributed by atoms with E-state index < -0.39 is 23.6 Å². The van der Waals surface area contributed by atoms with E-state index in [0.29, 0.717) is 12.3 Å². The van der Waals surface area contributed by atoms with Crippen LogP contribution in [-0.4, -0.2) is 22.6 Å². The molecule has 94 valence electrons. The highest BCUT2D eigenvalue weighted by Gasteiger charge is 2.32. The smallest absolute Gasteiger partial charge is 0.417 e. The third-order valence-corrected chi connectivity index (χ3v) is 2.36. The maximum atomic E-state index is 12.3. The lowest BCUT2D eigenvalue weighted by Gasteiger charge is -2.13. The first kappa shape index (κ1) is 13.7. The molecule has 0 bridgehead atoms. The number of aliphatic carboxylic acids is 1. The summed E-state index contributed by atoms with van der Waals surface area (Å²) in [5.74, 6) is -2.51. The van der Waals surface area contributed by atoms with Gasteiger partial charge in [-0.2, -0.15) is 13.2 Å². The molecule has 1 rings (SSSR count). The molecule has 4 nitrogen and oxygen atoms in total. The average Bonchev–Trinajstić information content (AvgIpc) is 2.19. The molecule has 0 radical (unpaired) electrons. The van der Waals surface area contributed by atoms with Crippen LogP contribution in [0.2, 0.25) is 5.02 Å². The molecule has 0 aliphatic rings. The van der Waals surface area contributed by atoms with Crippen LogP contribution in [0.25, 0.3) is 0 Å². The topological polar surface area (TPSA) is 76.2 Å². The maximum Gasteiger partial charge on any atom is 0.417 e.